The van der Waals surface area contributed by atoms with E-state index in [0.717, 1.165) is 75.7 Å². The third-order valence-electron chi connectivity index (χ3n) is 7.35. The third kappa shape index (κ3) is 6.01. The van der Waals surface area contributed by atoms with Crippen molar-refractivity contribution >= 4 is 12.1 Å². The van der Waals surface area contributed by atoms with Crippen LogP contribution in [0.5, 0.6) is 17.2 Å². The summed E-state index contributed by atoms with van der Waals surface area (Å²) in [6.45, 7) is 8.37. The fourth-order valence-electron chi connectivity index (χ4n) is 5.10. The van der Waals surface area contributed by atoms with Gasteiger partial charge >= 0.3 is 0 Å². The Morgan fingerprint density at radius 1 is 0.971 bits per heavy atom. The fourth-order valence-corrected chi connectivity index (χ4v) is 5.10. The summed E-state index contributed by atoms with van der Waals surface area (Å²) in [5, 5.41) is 7.08. The van der Waals surface area contributed by atoms with E-state index < -0.39 is 0 Å². The number of likely N-dealkylation sites (tertiary alicyclic amines) is 2. The Morgan fingerprint density at radius 2 is 1.57 bits per heavy atom. The minimum atomic E-state index is -0.0120. The monoisotopic (exact) mass is 473 g/mol. The van der Waals surface area contributed by atoms with E-state index in [0.29, 0.717) is 11.0 Å². The van der Waals surface area contributed by atoms with Crippen LogP contribution >= 0.6 is 0 Å². The third-order valence-corrected chi connectivity index (χ3v) is 7.35. The lowest BCUT2D eigenvalue weighted by Crippen LogP contribution is -2.48. The molecular formula is C29H35N3O3. The maximum atomic E-state index is 12.6. The number of allylic oxidation sites excluding steroid dienone is 1. The number of piperidine rings is 2. The standard InChI is InChI=1S/C29H35N3O3/c1-23(8-7-17-30)28(33)32-20-15-29(16-21-32)13-18-31(19-14-29)22-24-9-3-4-10-25(24)35-27-12-6-5-11-26(27)34-2/h3-12,17,30H,1,13-16,18-22H2,2H3/b8-7-,30-17?. The smallest absolute Gasteiger partial charge is 0.253 e. The minimum absolute atomic E-state index is 0.0120. The van der Waals surface area contributed by atoms with Gasteiger partial charge in [-0.1, -0.05) is 36.9 Å². The van der Waals surface area contributed by atoms with Crippen LogP contribution in [0.3, 0.4) is 0 Å². The Morgan fingerprint density at radius 3 is 2.23 bits per heavy atom. The zero-order valence-corrected chi connectivity index (χ0v) is 20.5. The van der Waals surface area contributed by atoms with Gasteiger partial charge in [-0.05, 0) is 74.5 Å². The van der Waals surface area contributed by atoms with Crippen molar-refractivity contribution in [1.82, 2.24) is 9.80 Å². The highest BCUT2D eigenvalue weighted by molar-refractivity contribution is 5.96. The summed E-state index contributed by atoms with van der Waals surface area (Å²) in [6.07, 6.45) is 8.72. The van der Waals surface area contributed by atoms with Gasteiger partial charge in [0, 0.05) is 37.0 Å². The summed E-state index contributed by atoms with van der Waals surface area (Å²) in [6, 6.07) is 15.9. The van der Waals surface area contributed by atoms with Gasteiger partial charge in [-0.3, -0.25) is 9.69 Å². The first kappa shape index (κ1) is 24.7. The van der Waals surface area contributed by atoms with Crippen LogP contribution in [0.4, 0.5) is 0 Å². The van der Waals surface area contributed by atoms with Crippen LogP contribution in [0.2, 0.25) is 0 Å². The average molecular weight is 474 g/mol. The molecule has 0 unspecified atom stereocenters. The largest absolute Gasteiger partial charge is 0.493 e. The van der Waals surface area contributed by atoms with Crippen molar-refractivity contribution < 1.29 is 14.3 Å². The van der Waals surface area contributed by atoms with Crippen LogP contribution in [-0.4, -0.2) is 55.2 Å². The van der Waals surface area contributed by atoms with Crippen molar-refractivity contribution in [2.45, 2.75) is 32.2 Å². The van der Waals surface area contributed by atoms with E-state index in [9.17, 15) is 4.79 Å². The summed E-state index contributed by atoms with van der Waals surface area (Å²) in [4.78, 5) is 17.0. The first-order chi connectivity index (χ1) is 17.0. The fraction of sp³-hybridized carbons (Fsp3) is 0.379. The molecule has 1 amide bonds. The predicted molar refractivity (Wildman–Crippen MR) is 139 cm³/mol. The number of rotatable bonds is 8. The maximum absolute atomic E-state index is 12.6. The molecular weight excluding hydrogens is 438 g/mol. The molecule has 1 N–H and O–H groups in total. The van der Waals surface area contributed by atoms with Gasteiger partial charge in [0.1, 0.15) is 5.75 Å². The van der Waals surface area contributed by atoms with E-state index in [1.165, 1.54) is 11.8 Å². The SMILES string of the molecule is C=C(/C=C\C=N)C(=O)N1CCC2(CCN(Cc3ccccc3Oc3ccccc3OC)CC2)CC1. The Labute approximate surface area is 208 Å². The van der Waals surface area contributed by atoms with Crippen LogP contribution in [0, 0.1) is 10.8 Å². The molecule has 1 spiro atoms. The second-order valence-electron chi connectivity index (χ2n) is 9.48. The lowest BCUT2D eigenvalue weighted by atomic mass is 9.71. The summed E-state index contributed by atoms with van der Waals surface area (Å²) in [5.41, 5.74) is 1.95. The van der Waals surface area contributed by atoms with Gasteiger partial charge in [-0.2, -0.15) is 0 Å². The number of para-hydroxylation sites is 3. The first-order valence-corrected chi connectivity index (χ1v) is 12.3. The van der Waals surface area contributed by atoms with Crippen LogP contribution < -0.4 is 9.47 Å². The summed E-state index contributed by atoms with van der Waals surface area (Å²) < 4.78 is 11.7. The summed E-state index contributed by atoms with van der Waals surface area (Å²) in [5.74, 6) is 2.29. The van der Waals surface area contributed by atoms with Gasteiger partial charge < -0.3 is 19.8 Å². The second-order valence-corrected chi connectivity index (χ2v) is 9.48. The number of carbonyl (C=O) groups excluding carboxylic acids is 1. The van der Waals surface area contributed by atoms with E-state index in [2.05, 4.69) is 23.6 Å². The molecule has 2 aliphatic rings. The number of carbonyl (C=O) groups is 1. The molecule has 0 bridgehead atoms. The zero-order chi connectivity index (χ0) is 24.7. The van der Waals surface area contributed by atoms with Crippen molar-refractivity contribution in [2.24, 2.45) is 5.41 Å². The van der Waals surface area contributed by atoms with Crippen LogP contribution in [-0.2, 0) is 11.3 Å². The molecule has 2 aromatic carbocycles. The van der Waals surface area contributed by atoms with Gasteiger partial charge in [0.05, 0.1) is 7.11 Å². The molecule has 2 saturated heterocycles. The van der Waals surface area contributed by atoms with Crippen LogP contribution in [0.15, 0.2) is 72.8 Å². The van der Waals surface area contributed by atoms with E-state index >= 15 is 0 Å². The lowest BCUT2D eigenvalue weighted by molar-refractivity contribution is -0.129. The number of hydrogen-bond acceptors (Lipinski definition) is 5. The zero-order valence-electron chi connectivity index (χ0n) is 20.5. The van der Waals surface area contributed by atoms with Gasteiger partial charge in [0.2, 0.25) is 0 Å². The van der Waals surface area contributed by atoms with E-state index in [-0.39, 0.29) is 5.91 Å². The van der Waals surface area contributed by atoms with Gasteiger partial charge in [0.15, 0.2) is 11.5 Å². The van der Waals surface area contributed by atoms with Crippen molar-refractivity contribution in [1.29, 1.82) is 5.41 Å². The second kappa shape index (κ2) is 11.4. The molecule has 35 heavy (non-hydrogen) atoms. The number of benzene rings is 2. The van der Waals surface area contributed by atoms with Crippen molar-refractivity contribution in [2.75, 3.05) is 33.3 Å². The van der Waals surface area contributed by atoms with E-state index in [4.69, 9.17) is 14.9 Å². The number of nitrogens with one attached hydrogen (secondary N) is 1. The Balaban J connectivity index is 1.32. The highest BCUT2D eigenvalue weighted by Crippen LogP contribution is 2.42. The molecule has 6 nitrogen and oxygen atoms in total. The van der Waals surface area contributed by atoms with Crippen molar-refractivity contribution in [3.05, 3.63) is 78.4 Å². The maximum Gasteiger partial charge on any atom is 0.253 e. The lowest BCUT2D eigenvalue weighted by Gasteiger charge is -2.47. The van der Waals surface area contributed by atoms with Gasteiger partial charge in [0.25, 0.3) is 5.91 Å². The van der Waals surface area contributed by atoms with Crippen molar-refractivity contribution in [3.63, 3.8) is 0 Å². The topological polar surface area (TPSA) is 65.9 Å². The first-order valence-electron chi connectivity index (χ1n) is 12.3. The molecule has 2 aromatic rings. The Bertz CT molecular complexity index is 1080. The normalized spacial score (nSPS) is 17.9. The molecule has 2 aliphatic heterocycles. The molecule has 0 radical (unpaired) electrons. The van der Waals surface area contributed by atoms with Crippen LogP contribution in [0.25, 0.3) is 0 Å². The highest BCUT2D eigenvalue weighted by Gasteiger charge is 2.38. The van der Waals surface area contributed by atoms with Crippen molar-refractivity contribution in [3.8, 4) is 17.2 Å². The summed E-state index contributed by atoms with van der Waals surface area (Å²) in [7, 11) is 1.66. The molecule has 2 heterocycles. The average Bonchev–Trinajstić information content (AvgIpc) is 2.90. The predicted octanol–water partition coefficient (Wildman–Crippen LogP) is 5.45. The highest BCUT2D eigenvalue weighted by atomic mass is 16.5. The minimum Gasteiger partial charge on any atom is -0.493 e. The molecule has 6 heteroatoms. The van der Waals surface area contributed by atoms with Crippen LogP contribution in [0.1, 0.15) is 31.2 Å². The molecule has 0 atom stereocenters. The number of ether oxygens (including phenoxy) is 2. The number of amides is 1. The molecule has 4 rings (SSSR count). The molecule has 0 aliphatic carbocycles. The van der Waals surface area contributed by atoms with E-state index in [1.54, 1.807) is 19.3 Å². The summed E-state index contributed by atoms with van der Waals surface area (Å²) >= 11 is 0. The van der Waals surface area contributed by atoms with Gasteiger partial charge in [-0.15, -0.1) is 0 Å². The number of hydrogen-bond donors (Lipinski definition) is 1. The van der Waals surface area contributed by atoms with Gasteiger partial charge in [-0.25, -0.2) is 0 Å². The Kier molecular flexibility index (Phi) is 8.03. The quantitative estimate of drug-likeness (QED) is 0.314. The van der Waals surface area contributed by atoms with E-state index in [1.807, 2.05) is 41.3 Å². The number of nitrogens with zero attached hydrogens (tertiary/aromatic N) is 2. The number of methoxy groups -OCH3 is 1. The molecule has 184 valence electrons. The Hall–Kier alpha value is -3.38. The molecule has 0 saturated carbocycles. The molecule has 2 fully saturated rings. The molecule has 0 aromatic heterocycles.